The van der Waals surface area contributed by atoms with Crippen LogP contribution in [0.25, 0.3) is 10.9 Å². The molecule has 33 heavy (non-hydrogen) atoms. The summed E-state index contributed by atoms with van der Waals surface area (Å²) in [5.74, 6) is 0.634. The predicted octanol–water partition coefficient (Wildman–Crippen LogP) is 5.28. The van der Waals surface area contributed by atoms with E-state index < -0.39 is 17.8 Å². The molecule has 0 fully saturated rings. The summed E-state index contributed by atoms with van der Waals surface area (Å²) < 4.78 is 16.3. The first-order valence-electron chi connectivity index (χ1n) is 10.8. The van der Waals surface area contributed by atoms with Gasteiger partial charge in [-0.2, -0.15) is 0 Å². The first kappa shape index (κ1) is 23.8. The molecule has 0 atom stereocenters. The number of nitrogens with one attached hydrogen (secondary N) is 2. The SMILES string of the molecule is CC(C)(C)OC(=O)Nc1ccnc2ccc(OCCCNC(=O)OCc3ccccc3)cc12. The number of carbonyl (C=O) groups is 2. The van der Waals surface area contributed by atoms with E-state index in [1.807, 2.05) is 48.5 Å². The van der Waals surface area contributed by atoms with Crippen molar-refractivity contribution in [2.75, 3.05) is 18.5 Å². The number of anilines is 1. The molecule has 3 aromatic rings. The second-order valence-electron chi connectivity index (χ2n) is 8.35. The van der Waals surface area contributed by atoms with Crippen LogP contribution in [0.5, 0.6) is 5.75 Å². The lowest BCUT2D eigenvalue weighted by atomic mass is 10.1. The van der Waals surface area contributed by atoms with Gasteiger partial charge in [0.05, 0.1) is 17.8 Å². The van der Waals surface area contributed by atoms with Crippen molar-refractivity contribution >= 4 is 28.8 Å². The molecule has 3 rings (SSSR count). The normalized spacial score (nSPS) is 11.0. The van der Waals surface area contributed by atoms with Crippen molar-refractivity contribution in [1.82, 2.24) is 10.3 Å². The maximum absolute atomic E-state index is 12.2. The van der Waals surface area contributed by atoms with Crippen molar-refractivity contribution in [3.8, 4) is 5.75 Å². The molecule has 0 unspecified atom stereocenters. The van der Waals surface area contributed by atoms with E-state index in [2.05, 4.69) is 15.6 Å². The van der Waals surface area contributed by atoms with Gasteiger partial charge in [-0.1, -0.05) is 30.3 Å². The number of fused-ring (bicyclic) bond motifs is 1. The van der Waals surface area contributed by atoms with Gasteiger partial charge in [-0.15, -0.1) is 0 Å². The van der Waals surface area contributed by atoms with Gasteiger partial charge in [-0.3, -0.25) is 10.3 Å². The number of hydrogen-bond donors (Lipinski definition) is 2. The third kappa shape index (κ3) is 7.99. The lowest BCUT2D eigenvalue weighted by molar-refractivity contribution is 0.0636. The van der Waals surface area contributed by atoms with Crippen molar-refractivity contribution in [3.63, 3.8) is 0 Å². The third-order valence-electron chi connectivity index (χ3n) is 4.42. The first-order chi connectivity index (χ1) is 15.8. The average molecular weight is 452 g/mol. The van der Waals surface area contributed by atoms with Gasteiger partial charge in [0.2, 0.25) is 0 Å². The molecule has 2 N–H and O–H groups in total. The van der Waals surface area contributed by atoms with Gasteiger partial charge in [0.25, 0.3) is 0 Å². The summed E-state index contributed by atoms with van der Waals surface area (Å²) in [6.45, 7) is 6.48. The van der Waals surface area contributed by atoms with E-state index in [1.165, 1.54) is 0 Å². The minimum absolute atomic E-state index is 0.230. The summed E-state index contributed by atoms with van der Waals surface area (Å²) >= 11 is 0. The Labute approximate surface area is 193 Å². The molecule has 1 aromatic heterocycles. The van der Waals surface area contributed by atoms with E-state index in [-0.39, 0.29) is 6.61 Å². The van der Waals surface area contributed by atoms with Gasteiger partial charge in [-0.25, -0.2) is 9.59 Å². The van der Waals surface area contributed by atoms with Crippen molar-refractivity contribution < 1.29 is 23.8 Å². The molecule has 0 radical (unpaired) electrons. The minimum atomic E-state index is -0.594. The zero-order valence-corrected chi connectivity index (χ0v) is 19.1. The van der Waals surface area contributed by atoms with Crippen molar-refractivity contribution in [3.05, 3.63) is 66.4 Å². The minimum Gasteiger partial charge on any atom is -0.494 e. The molecular weight excluding hydrogens is 422 g/mol. The first-order valence-corrected chi connectivity index (χ1v) is 10.8. The fourth-order valence-electron chi connectivity index (χ4n) is 2.96. The number of nitrogens with zero attached hydrogens (tertiary/aromatic N) is 1. The summed E-state index contributed by atoms with van der Waals surface area (Å²) in [6, 6.07) is 16.7. The Morgan fingerprint density at radius 1 is 1.00 bits per heavy atom. The molecule has 0 aliphatic heterocycles. The van der Waals surface area contributed by atoms with Gasteiger partial charge < -0.3 is 19.5 Å². The van der Waals surface area contributed by atoms with Crippen molar-refractivity contribution in [2.45, 2.75) is 39.4 Å². The second-order valence-corrected chi connectivity index (χ2v) is 8.35. The number of alkyl carbamates (subject to hydrolysis) is 1. The maximum Gasteiger partial charge on any atom is 0.412 e. The molecule has 0 bridgehead atoms. The number of benzene rings is 2. The van der Waals surface area contributed by atoms with Crippen LogP contribution in [0.15, 0.2) is 60.8 Å². The Morgan fingerprint density at radius 3 is 2.55 bits per heavy atom. The summed E-state index contributed by atoms with van der Waals surface area (Å²) in [7, 11) is 0. The van der Waals surface area contributed by atoms with Gasteiger partial charge in [-0.05, 0) is 57.0 Å². The smallest absolute Gasteiger partial charge is 0.412 e. The van der Waals surface area contributed by atoms with Crippen LogP contribution in [0.2, 0.25) is 0 Å². The van der Waals surface area contributed by atoms with Crippen LogP contribution in [0.3, 0.4) is 0 Å². The standard InChI is InChI=1S/C25H29N3O5/c1-25(2,3)33-24(30)28-22-12-14-26-21-11-10-19(16-20(21)22)31-15-7-13-27-23(29)32-17-18-8-5-4-6-9-18/h4-6,8-12,14,16H,7,13,15,17H2,1-3H3,(H,27,29)(H,26,28,30). The van der Waals surface area contributed by atoms with E-state index in [1.54, 1.807) is 33.0 Å². The van der Waals surface area contributed by atoms with Crippen molar-refractivity contribution in [1.29, 1.82) is 0 Å². The van der Waals surface area contributed by atoms with E-state index in [0.29, 0.717) is 31.0 Å². The van der Waals surface area contributed by atoms with Crippen molar-refractivity contribution in [2.24, 2.45) is 0 Å². The van der Waals surface area contributed by atoms with Crippen LogP contribution in [0, 0.1) is 0 Å². The van der Waals surface area contributed by atoms with E-state index in [9.17, 15) is 9.59 Å². The quantitative estimate of drug-likeness (QED) is 0.452. The van der Waals surface area contributed by atoms with Crippen LogP contribution in [0.4, 0.5) is 15.3 Å². The Bertz CT molecular complexity index is 1080. The fraction of sp³-hybridized carbons (Fsp3) is 0.320. The molecule has 174 valence electrons. The lowest BCUT2D eigenvalue weighted by Gasteiger charge is -2.20. The number of rotatable bonds is 8. The summed E-state index contributed by atoms with van der Waals surface area (Å²) in [5.41, 5.74) is 1.65. The number of pyridine rings is 1. The molecule has 0 spiro atoms. The van der Waals surface area contributed by atoms with E-state index in [4.69, 9.17) is 14.2 Å². The van der Waals surface area contributed by atoms with Crippen LogP contribution >= 0.6 is 0 Å². The zero-order chi connectivity index (χ0) is 23.7. The van der Waals surface area contributed by atoms with Gasteiger partial charge in [0.15, 0.2) is 0 Å². The monoisotopic (exact) mass is 451 g/mol. The molecule has 2 amide bonds. The van der Waals surface area contributed by atoms with Crippen LogP contribution in [0.1, 0.15) is 32.8 Å². The van der Waals surface area contributed by atoms with Crippen LogP contribution in [-0.2, 0) is 16.1 Å². The lowest BCUT2D eigenvalue weighted by Crippen LogP contribution is -2.27. The molecule has 0 aliphatic carbocycles. The van der Waals surface area contributed by atoms with E-state index in [0.717, 1.165) is 16.5 Å². The number of amides is 2. The highest BCUT2D eigenvalue weighted by Gasteiger charge is 2.17. The molecule has 8 nitrogen and oxygen atoms in total. The highest BCUT2D eigenvalue weighted by molar-refractivity contribution is 5.99. The fourth-order valence-corrected chi connectivity index (χ4v) is 2.96. The Balaban J connectivity index is 1.46. The summed E-state index contributed by atoms with van der Waals surface area (Å²) in [4.78, 5) is 28.3. The average Bonchev–Trinajstić information content (AvgIpc) is 2.77. The van der Waals surface area contributed by atoms with Crippen LogP contribution in [-0.4, -0.2) is 35.9 Å². The number of carbonyl (C=O) groups excluding carboxylic acids is 2. The molecule has 0 saturated carbocycles. The number of hydrogen-bond acceptors (Lipinski definition) is 6. The molecule has 2 aromatic carbocycles. The maximum atomic E-state index is 12.2. The largest absolute Gasteiger partial charge is 0.494 e. The second kappa shape index (κ2) is 11.2. The Morgan fingerprint density at radius 2 is 1.79 bits per heavy atom. The Kier molecular flexibility index (Phi) is 8.07. The highest BCUT2D eigenvalue weighted by atomic mass is 16.6. The van der Waals surface area contributed by atoms with Gasteiger partial charge in [0, 0.05) is 18.1 Å². The molecule has 1 heterocycles. The molecule has 0 saturated heterocycles. The third-order valence-corrected chi connectivity index (χ3v) is 4.42. The molecule has 8 heteroatoms. The van der Waals surface area contributed by atoms with Gasteiger partial charge >= 0.3 is 12.2 Å². The van der Waals surface area contributed by atoms with Crippen LogP contribution < -0.4 is 15.4 Å². The zero-order valence-electron chi connectivity index (χ0n) is 19.1. The number of aromatic nitrogens is 1. The van der Waals surface area contributed by atoms with E-state index >= 15 is 0 Å². The molecular formula is C25H29N3O5. The topological polar surface area (TPSA) is 98.8 Å². The highest BCUT2D eigenvalue weighted by Crippen LogP contribution is 2.26. The summed E-state index contributed by atoms with van der Waals surface area (Å²) in [6.07, 6.45) is 1.23. The summed E-state index contributed by atoms with van der Waals surface area (Å²) in [5, 5.41) is 6.21. The Hall–Kier alpha value is -3.81. The van der Waals surface area contributed by atoms with Gasteiger partial charge in [0.1, 0.15) is 18.0 Å². The predicted molar refractivity (Wildman–Crippen MR) is 126 cm³/mol. The number of ether oxygens (including phenoxy) is 3. The molecule has 0 aliphatic rings.